The van der Waals surface area contributed by atoms with Crippen molar-refractivity contribution < 1.29 is 22.4 Å². The molecule has 0 fully saturated rings. The van der Waals surface area contributed by atoms with Crippen LogP contribution in [0.4, 0.5) is 17.6 Å². The maximum absolute atomic E-state index is 12.9. The van der Waals surface area contributed by atoms with Gasteiger partial charge in [-0.15, -0.1) is 0 Å². The first-order chi connectivity index (χ1) is 6.73. The number of halogens is 5. The van der Waals surface area contributed by atoms with E-state index in [9.17, 15) is 22.4 Å². The van der Waals surface area contributed by atoms with Gasteiger partial charge in [-0.2, -0.15) is 13.2 Å². The molecule has 0 aliphatic rings. The monoisotopic (exact) mass is 284 g/mol. The number of alkyl halides is 3. The summed E-state index contributed by atoms with van der Waals surface area (Å²) >= 11 is 2.64. The van der Waals surface area contributed by atoms with Gasteiger partial charge < -0.3 is 0 Å². The van der Waals surface area contributed by atoms with E-state index >= 15 is 0 Å². The molecule has 15 heavy (non-hydrogen) atoms. The molecule has 0 aromatic heterocycles. The molecule has 82 valence electrons. The summed E-state index contributed by atoms with van der Waals surface area (Å²) in [5.41, 5.74) is -1.80. The van der Waals surface area contributed by atoms with E-state index in [2.05, 4.69) is 15.9 Å². The van der Waals surface area contributed by atoms with Gasteiger partial charge in [-0.25, -0.2) is 4.39 Å². The van der Waals surface area contributed by atoms with Gasteiger partial charge in [0.2, 0.25) is 0 Å². The normalized spacial score (nSPS) is 11.6. The van der Waals surface area contributed by atoms with E-state index in [1.54, 1.807) is 0 Å². The fraction of sp³-hybridized carbons (Fsp3) is 0.222. The molecule has 1 aromatic rings. The lowest BCUT2D eigenvalue weighted by Crippen LogP contribution is -2.12. The van der Waals surface area contributed by atoms with Gasteiger partial charge in [0.25, 0.3) is 0 Å². The molecule has 0 saturated heterocycles. The lowest BCUT2D eigenvalue weighted by Gasteiger charge is -2.11. The van der Waals surface area contributed by atoms with Crippen molar-refractivity contribution in [3.63, 3.8) is 0 Å². The van der Waals surface area contributed by atoms with Crippen LogP contribution in [0.1, 0.15) is 22.8 Å². The van der Waals surface area contributed by atoms with Crippen molar-refractivity contribution in [1.82, 2.24) is 0 Å². The maximum atomic E-state index is 12.9. The van der Waals surface area contributed by atoms with Crippen LogP contribution in [-0.4, -0.2) is 5.78 Å². The highest BCUT2D eigenvalue weighted by atomic mass is 79.9. The van der Waals surface area contributed by atoms with Crippen LogP contribution in [0.15, 0.2) is 16.6 Å². The number of benzene rings is 1. The molecular formula is C9H5BrF4O. The van der Waals surface area contributed by atoms with E-state index in [-0.39, 0.29) is 4.47 Å². The second-order valence-electron chi connectivity index (χ2n) is 2.87. The smallest absolute Gasteiger partial charge is 0.294 e. The highest BCUT2D eigenvalue weighted by Crippen LogP contribution is 2.35. The fourth-order valence-corrected chi connectivity index (χ4v) is 1.42. The minimum Gasteiger partial charge on any atom is -0.294 e. The third kappa shape index (κ3) is 2.56. The van der Waals surface area contributed by atoms with Crippen LogP contribution >= 0.6 is 15.9 Å². The molecule has 0 atom stereocenters. The van der Waals surface area contributed by atoms with Crippen molar-refractivity contribution in [3.8, 4) is 0 Å². The lowest BCUT2D eigenvalue weighted by atomic mass is 10.0. The van der Waals surface area contributed by atoms with Crippen LogP contribution in [0.5, 0.6) is 0 Å². The summed E-state index contributed by atoms with van der Waals surface area (Å²) in [5.74, 6) is -1.72. The van der Waals surface area contributed by atoms with Crippen LogP contribution in [0.2, 0.25) is 0 Å². The van der Waals surface area contributed by atoms with Crippen molar-refractivity contribution in [1.29, 1.82) is 0 Å². The van der Waals surface area contributed by atoms with Crippen LogP contribution in [-0.2, 0) is 6.18 Å². The number of rotatable bonds is 1. The van der Waals surface area contributed by atoms with E-state index in [0.29, 0.717) is 12.1 Å². The van der Waals surface area contributed by atoms with E-state index in [1.165, 1.54) is 0 Å². The zero-order valence-corrected chi connectivity index (χ0v) is 9.04. The molecule has 6 heteroatoms. The minimum absolute atomic E-state index is 0.320. The SMILES string of the molecule is CC(=O)c1cc(F)c(Br)cc1C(F)(F)F. The molecule has 1 aromatic carbocycles. The highest BCUT2D eigenvalue weighted by Gasteiger charge is 2.35. The van der Waals surface area contributed by atoms with Gasteiger partial charge in [0.1, 0.15) is 5.82 Å². The predicted octanol–water partition coefficient (Wildman–Crippen LogP) is 3.81. The Hall–Kier alpha value is -0.910. The molecule has 0 amide bonds. The molecule has 0 aliphatic heterocycles. The summed E-state index contributed by atoms with van der Waals surface area (Å²) in [4.78, 5) is 10.9. The number of hydrogen-bond acceptors (Lipinski definition) is 1. The molecule has 1 nitrogen and oxygen atoms in total. The van der Waals surface area contributed by atoms with Crippen molar-refractivity contribution >= 4 is 21.7 Å². The summed E-state index contributed by atoms with van der Waals surface area (Å²) < 4.78 is 49.9. The largest absolute Gasteiger partial charge is 0.417 e. The average Bonchev–Trinajstić information content (AvgIpc) is 2.06. The van der Waals surface area contributed by atoms with Crippen LogP contribution in [0, 0.1) is 5.82 Å². The molecule has 0 saturated carbocycles. The Morgan fingerprint density at radius 3 is 2.27 bits per heavy atom. The van der Waals surface area contributed by atoms with Gasteiger partial charge in [0.15, 0.2) is 5.78 Å². The van der Waals surface area contributed by atoms with Gasteiger partial charge >= 0.3 is 6.18 Å². The Morgan fingerprint density at radius 1 is 1.33 bits per heavy atom. The quantitative estimate of drug-likeness (QED) is 0.566. The zero-order valence-electron chi connectivity index (χ0n) is 7.45. The Kier molecular flexibility index (Phi) is 3.18. The molecule has 1 rings (SSSR count). The third-order valence-corrected chi connectivity index (χ3v) is 2.35. The molecule has 0 spiro atoms. The van der Waals surface area contributed by atoms with E-state index < -0.39 is 28.9 Å². The summed E-state index contributed by atoms with van der Waals surface area (Å²) in [6.07, 6.45) is -4.67. The second-order valence-corrected chi connectivity index (χ2v) is 3.72. The maximum Gasteiger partial charge on any atom is 0.417 e. The third-order valence-electron chi connectivity index (χ3n) is 1.75. The first kappa shape index (κ1) is 12.2. The molecule has 0 heterocycles. The lowest BCUT2D eigenvalue weighted by molar-refractivity contribution is -0.138. The van der Waals surface area contributed by atoms with Gasteiger partial charge in [0.05, 0.1) is 10.0 Å². The Labute approximate surface area is 91.2 Å². The van der Waals surface area contributed by atoms with Crippen LogP contribution in [0.3, 0.4) is 0 Å². The van der Waals surface area contributed by atoms with Gasteiger partial charge in [-0.1, -0.05) is 0 Å². The van der Waals surface area contributed by atoms with E-state index in [4.69, 9.17) is 0 Å². The van der Waals surface area contributed by atoms with Gasteiger partial charge in [0, 0.05) is 5.56 Å². The number of Topliss-reactive ketones (excluding diaryl/α,β-unsaturated/α-hetero) is 1. The first-order valence-corrected chi connectivity index (χ1v) is 4.60. The van der Waals surface area contributed by atoms with Crippen molar-refractivity contribution in [2.24, 2.45) is 0 Å². The highest BCUT2D eigenvalue weighted by molar-refractivity contribution is 9.10. The van der Waals surface area contributed by atoms with Crippen LogP contribution < -0.4 is 0 Å². The molecule has 0 N–H and O–H groups in total. The second kappa shape index (κ2) is 3.92. The average molecular weight is 285 g/mol. The Bertz CT molecular complexity index is 411. The Morgan fingerprint density at radius 2 is 1.87 bits per heavy atom. The number of carbonyl (C=O) groups excluding carboxylic acids is 1. The first-order valence-electron chi connectivity index (χ1n) is 3.80. The van der Waals surface area contributed by atoms with Gasteiger partial charge in [-0.05, 0) is 35.0 Å². The molecule has 0 bridgehead atoms. The van der Waals surface area contributed by atoms with E-state index in [0.717, 1.165) is 6.92 Å². The number of ketones is 1. The Balaban J connectivity index is 3.49. The summed E-state index contributed by atoms with van der Waals surface area (Å²) in [5, 5.41) is 0. The molecule has 0 aliphatic carbocycles. The fourth-order valence-electron chi connectivity index (χ4n) is 1.07. The van der Waals surface area contributed by atoms with Crippen molar-refractivity contribution in [2.45, 2.75) is 13.1 Å². The summed E-state index contributed by atoms with van der Waals surface area (Å²) in [6, 6.07) is 1.14. The van der Waals surface area contributed by atoms with Crippen molar-refractivity contribution in [2.75, 3.05) is 0 Å². The van der Waals surface area contributed by atoms with Crippen LogP contribution in [0.25, 0.3) is 0 Å². The zero-order chi connectivity index (χ0) is 11.8. The predicted molar refractivity (Wildman–Crippen MR) is 49.1 cm³/mol. The van der Waals surface area contributed by atoms with Gasteiger partial charge in [-0.3, -0.25) is 4.79 Å². The summed E-state index contributed by atoms with van der Waals surface area (Å²) in [6.45, 7) is 0.956. The number of carbonyl (C=O) groups is 1. The molecule has 0 unspecified atom stereocenters. The van der Waals surface area contributed by atoms with E-state index in [1.807, 2.05) is 0 Å². The summed E-state index contributed by atoms with van der Waals surface area (Å²) in [7, 11) is 0. The standard InChI is InChI=1S/C9H5BrF4O/c1-4(15)5-2-8(11)7(10)3-6(5)9(12,13)14/h2-3H,1H3. The topological polar surface area (TPSA) is 17.1 Å². The molecular weight excluding hydrogens is 280 g/mol. The molecule has 0 radical (unpaired) electrons. The van der Waals surface area contributed by atoms with Crippen molar-refractivity contribution in [3.05, 3.63) is 33.5 Å². The minimum atomic E-state index is -4.67. The number of hydrogen-bond donors (Lipinski definition) is 0.